The van der Waals surface area contributed by atoms with Crippen molar-refractivity contribution in [2.24, 2.45) is 0 Å². The summed E-state index contributed by atoms with van der Waals surface area (Å²) < 4.78 is 18.6. The second-order valence-electron chi connectivity index (χ2n) is 3.73. The van der Waals surface area contributed by atoms with Gasteiger partial charge in [-0.05, 0) is 19.3 Å². The van der Waals surface area contributed by atoms with Crippen molar-refractivity contribution in [3.05, 3.63) is 21.9 Å². The third-order valence-electron chi connectivity index (χ3n) is 2.50. The van der Waals surface area contributed by atoms with Crippen LogP contribution in [-0.4, -0.2) is 22.7 Å². The molecule has 88 valence electrons. The van der Waals surface area contributed by atoms with E-state index in [0.29, 0.717) is 12.2 Å². The highest BCUT2D eigenvalue weighted by atomic mass is 35.5. The van der Waals surface area contributed by atoms with Gasteiger partial charge in [-0.3, -0.25) is 0 Å². The molecule has 1 aromatic rings. The summed E-state index contributed by atoms with van der Waals surface area (Å²) in [5, 5.41) is -0.461. The topological polar surface area (TPSA) is 35.0 Å². The van der Waals surface area contributed by atoms with E-state index in [1.807, 2.05) is 0 Å². The summed E-state index contributed by atoms with van der Waals surface area (Å²) in [4.78, 5) is 7.69. The lowest BCUT2D eigenvalue weighted by molar-refractivity contribution is 0.0156. The zero-order valence-electron chi connectivity index (χ0n) is 8.55. The summed E-state index contributed by atoms with van der Waals surface area (Å²) in [6.45, 7) is 0.757. The first-order valence-corrected chi connectivity index (χ1v) is 5.91. The standard InChI is InChI=1S/C10H11Cl2FN2O/c11-9-8(13)10(12)15-7(14-9)5-6-3-1-2-4-16-6/h6H,1-5H2. The molecule has 0 N–H and O–H groups in total. The summed E-state index contributed by atoms with van der Waals surface area (Å²) in [7, 11) is 0. The fourth-order valence-electron chi connectivity index (χ4n) is 1.70. The molecule has 1 atom stereocenters. The van der Waals surface area contributed by atoms with Crippen LogP contribution in [-0.2, 0) is 11.2 Å². The van der Waals surface area contributed by atoms with E-state index in [2.05, 4.69) is 9.97 Å². The number of ether oxygens (including phenoxy) is 1. The van der Waals surface area contributed by atoms with Crippen LogP contribution in [0.4, 0.5) is 4.39 Å². The van der Waals surface area contributed by atoms with Crippen molar-refractivity contribution in [2.75, 3.05) is 6.61 Å². The van der Waals surface area contributed by atoms with E-state index in [4.69, 9.17) is 27.9 Å². The number of aromatic nitrogens is 2. The van der Waals surface area contributed by atoms with Gasteiger partial charge in [0, 0.05) is 13.0 Å². The molecule has 1 aliphatic rings. The quantitative estimate of drug-likeness (QED) is 0.771. The Balaban J connectivity index is 2.09. The Kier molecular flexibility index (Phi) is 3.95. The molecular formula is C10H11Cl2FN2O. The molecule has 16 heavy (non-hydrogen) atoms. The molecule has 0 aromatic carbocycles. The van der Waals surface area contributed by atoms with E-state index in [9.17, 15) is 4.39 Å². The van der Waals surface area contributed by atoms with Crippen LogP contribution in [0.2, 0.25) is 10.3 Å². The average Bonchev–Trinajstić information content (AvgIpc) is 2.27. The molecule has 2 rings (SSSR count). The van der Waals surface area contributed by atoms with Crippen LogP contribution >= 0.6 is 23.2 Å². The SMILES string of the molecule is Fc1c(Cl)nc(CC2CCCCO2)nc1Cl. The van der Waals surface area contributed by atoms with Crippen molar-refractivity contribution in [1.82, 2.24) is 9.97 Å². The van der Waals surface area contributed by atoms with Gasteiger partial charge in [-0.2, -0.15) is 0 Å². The van der Waals surface area contributed by atoms with Gasteiger partial charge in [-0.1, -0.05) is 23.2 Å². The molecule has 0 aliphatic carbocycles. The van der Waals surface area contributed by atoms with Gasteiger partial charge < -0.3 is 4.74 Å². The predicted molar refractivity (Wildman–Crippen MR) is 59.3 cm³/mol. The lowest BCUT2D eigenvalue weighted by Crippen LogP contribution is -2.22. The van der Waals surface area contributed by atoms with Gasteiger partial charge >= 0.3 is 0 Å². The molecule has 1 aliphatic heterocycles. The van der Waals surface area contributed by atoms with Gasteiger partial charge in [0.15, 0.2) is 16.1 Å². The number of hydrogen-bond donors (Lipinski definition) is 0. The molecular weight excluding hydrogens is 254 g/mol. The zero-order chi connectivity index (χ0) is 11.5. The first kappa shape index (κ1) is 12.0. The first-order chi connectivity index (χ1) is 7.66. The molecule has 1 saturated heterocycles. The van der Waals surface area contributed by atoms with Crippen LogP contribution in [0, 0.1) is 5.82 Å². The van der Waals surface area contributed by atoms with Crippen molar-refractivity contribution in [2.45, 2.75) is 31.8 Å². The Morgan fingerprint density at radius 3 is 2.50 bits per heavy atom. The summed E-state index contributed by atoms with van der Waals surface area (Å²) >= 11 is 11.2. The van der Waals surface area contributed by atoms with Crippen LogP contribution in [0.15, 0.2) is 0 Å². The smallest absolute Gasteiger partial charge is 0.197 e. The minimum Gasteiger partial charge on any atom is -0.378 e. The Morgan fingerprint density at radius 2 is 1.94 bits per heavy atom. The van der Waals surface area contributed by atoms with Crippen molar-refractivity contribution in [3.8, 4) is 0 Å². The largest absolute Gasteiger partial charge is 0.378 e. The highest BCUT2D eigenvalue weighted by molar-refractivity contribution is 6.33. The van der Waals surface area contributed by atoms with Gasteiger partial charge in [0.1, 0.15) is 5.82 Å². The van der Waals surface area contributed by atoms with Crippen LogP contribution in [0.1, 0.15) is 25.1 Å². The van der Waals surface area contributed by atoms with Crippen LogP contribution in [0.5, 0.6) is 0 Å². The van der Waals surface area contributed by atoms with Crippen LogP contribution < -0.4 is 0 Å². The minimum absolute atomic E-state index is 0.0892. The fraction of sp³-hybridized carbons (Fsp3) is 0.600. The van der Waals surface area contributed by atoms with E-state index in [1.165, 1.54) is 0 Å². The Hall–Kier alpha value is -0.450. The maximum atomic E-state index is 13.1. The Labute approximate surface area is 103 Å². The third-order valence-corrected chi connectivity index (χ3v) is 3.00. The molecule has 0 amide bonds. The maximum Gasteiger partial charge on any atom is 0.197 e. The van der Waals surface area contributed by atoms with E-state index in [-0.39, 0.29) is 16.4 Å². The number of halogens is 3. The summed E-state index contributed by atoms with van der Waals surface area (Å²) in [6.07, 6.45) is 3.80. The molecule has 3 nitrogen and oxygen atoms in total. The summed E-state index contributed by atoms with van der Waals surface area (Å²) in [5.41, 5.74) is 0. The Bertz CT molecular complexity index is 360. The second-order valence-corrected chi connectivity index (χ2v) is 4.44. The van der Waals surface area contributed by atoms with E-state index in [1.54, 1.807) is 0 Å². The monoisotopic (exact) mass is 264 g/mol. The van der Waals surface area contributed by atoms with Crippen LogP contribution in [0.3, 0.4) is 0 Å². The van der Waals surface area contributed by atoms with Crippen molar-refractivity contribution in [3.63, 3.8) is 0 Å². The first-order valence-electron chi connectivity index (χ1n) is 5.16. The average molecular weight is 265 g/mol. The van der Waals surface area contributed by atoms with Gasteiger partial charge in [0.25, 0.3) is 0 Å². The van der Waals surface area contributed by atoms with E-state index >= 15 is 0 Å². The highest BCUT2D eigenvalue weighted by Crippen LogP contribution is 2.21. The highest BCUT2D eigenvalue weighted by Gasteiger charge is 2.18. The molecule has 1 aromatic heterocycles. The molecule has 0 saturated carbocycles. The van der Waals surface area contributed by atoms with Gasteiger partial charge in [-0.25, -0.2) is 14.4 Å². The molecule has 6 heteroatoms. The molecule has 1 fully saturated rings. The van der Waals surface area contributed by atoms with E-state index in [0.717, 1.165) is 25.9 Å². The zero-order valence-corrected chi connectivity index (χ0v) is 10.1. The lowest BCUT2D eigenvalue weighted by Gasteiger charge is -2.21. The van der Waals surface area contributed by atoms with Crippen molar-refractivity contribution < 1.29 is 9.13 Å². The molecule has 1 unspecified atom stereocenters. The van der Waals surface area contributed by atoms with Gasteiger partial charge in [-0.15, -0.1) is 0 Å². The molecule has 0 radical (unpaired) electrons. The molecule has 0 bridgehead atoms. The van der Waals surface area contributed by atoms with Crippen molar-refractivity contribution in [1.29, 1.82) is 0 Å². The van der Waals surface area contributed by atoms with E-state index < -0.39 is 5.82 Å². The lowest BCUT2D eigenvalue weighted by atomic mass is 10.1. The Morgan fingerprint density at radius 1 is 1.25 bits per heavy atom. The predicted octanol–water partition coefficient (Wildman–Crippen LogP) is 3.03. The normalized spacial score (nSPS) is 21.1. The second kappa shape index (κ2) is 5.25. The third kappa shape index (κ3) is 2.81. The molecule has 2 heterocycles. The van der Waals surface area contributed by atoms with Crippen molar-refractivity contribution >= 4 is 23.2 Å². The number of rotatable bonds is 2. The number of nitrogens with zero attached hydrogens (tertiary/aromatic N) is 2. The summed E-state index contributed by atoms with van der Waals surface area (Å²) in [5.74, 6) is -0.333. The van der Waals surface area contributed by atoms with Gasteiger partial charge in [0.2, 0.25) is 0 Å². The maximum absolute atomic E-state index is 13.1. The fourth-order valence-corrected chi connectivity index (χ4v) is 2.12. The molecule has 0 spiro atoms. The number of hydrogen-bond acceptors (Lipinski definition) is 3. The summed E-state index contributed by atoms with van der Waals surface area (Å²) in [6, 6.07) is 0. The van der Waals surface area contributed by atoms with Crippen LogP contribution in [0.25, 0.3) is 0 Å². The minimum atomic E-state index is -0.767. The van der Waals surface area contributed by atoms with Gasteiger partial charge in [0.05, 0.1) is 6.10 Å².